The van der Waals surface area contributed by atoms with Crippen molar-refractivity contribution >= 4 is 11.8 Å². The smallest absolute Gasteiger partial charge is 0.254 e. The Labute approximate surface area is 92.5 Å². The summed E-state index contributed by atoms with van der Waals surface area (Å²) in [4.78, 5) is 18.6. The fourth-order valence-corrected chi connectivity index (χ4v) is 2.47. The van der Waals surface area contributed by atoms with Gasteiger partial charge < -0.3 is 9.72 Å². The maximum Gasteiger partial charge on any atom is 0.254 e. The average Bonchev–Trinajstić information content (AvgIpc) is 2.66. The Morgan fingerprint density at radius 1 is 1.53 bits per heavy atom. The molecule has 1 aromatic rings. The van der Waals surface area contributed by atoms with Crippen LogP contribution in [0.2, 0.25) is 0 Å². The van der Waals surface area contributed by atoms with E-state index in [0.717, 1.165) is 25.3 Å². The van der Waals surface area contributed by atoms with Crippen LogP contribution in [0.4, 0.5) is 0 Å². The molecule has 1 saturated heterocycles. The predicted octanol–water partition coefficient (Wildman–Crippen LogP) is 1.27. The Balaban J connectivity index is 2.18. The van der Waals surface area contributed by atoms with E-state index in [4.69, 9.17) is 4.74 Å². The highest BCUT2D eigenvalue weighted by atomic mass is 32.2. The van der Waals surface area contributed by atoms with Crippen molar-refractivity contribution in [2.45, 2.75) is 30.7 Å². The van der Waals surface area contributed by atoms with Crippen molar-refractivity contribution in [2.75, 3.05) is 13.2 Å². The van der Waals surface area contributed by atoms with Crippen molar-refractivity contribution < 1.29 is 4.74 Å². The lowest BCUT2D eigenvalue weighted by Gasteiger charge is -2.07. The van der Waals surface area contributed by atoms with Gasteiger partial charge in [0.2, 0.25) is 0 Å². The largest absolute Gasteiger partial charge is 0.380 e. The third-order valence-corrected chi connectivity index (χ3v) is 3.66. The molecule has 1 aromatic heterocycles. The minimum absolute atomic E-state index is 0.0380. The maximum absolute atomic E-state index is 11.5. The molecule has 1 atom stereocenters. The molecule has 1 aliphatic heterocycles. The molecule has 15 heavy (non-hydrogen) atoms. The Hall–Kier alpha value is -0.810. The lowest BCUT2D eigenvalue weighted by atomic mass is 10.3. The number of hydrogen-bond donors (Lipinski definition) is 1. The first-order chi connectivity index (χ1) is 7.16. The predicted molar refractivity (Wildman–Crippen MR) is 59.4 cm³/mol. The van der Waals surface area contributed by atoms with Crippen molar-refractivity contribution in [3.8, 4) is 0 Å². The molecule has 0 radical (unpaired) electrons. The fraction of sp³-hybridized carbons (Fsp3) is 0.600. The first-order valence-electron chi connectivity index (χ1n) is 4.99. The van der Waals surface area contributed by atoms with Crippen LogP contribution < -0.4 is 5.56 Å². The molecule has 2 heterocycles. The Kier molecular flexibility index (Phi) is 3.11. The number of thioether (sulfide) groups is 1. The summed E-state index contributed by atoms with van der Waals surface area (Å²) in [6, 6.07) is 0. The fourth-order valence-electron chi connectivity index (χ4n) is 1.44. The highest BCUT2D eigenvalue weighted by Gasteiger charge is 2.18. The first-order valence-corrected chi connectivity index (χ1v) is 5.86. The zero-order chi connectivity index (χ0) is 10.8. The van der Waals surface area contributed by atoms with E-state index in [0.29, 0.717) is 16.0 Å². The van der Waals surface area contributed by atoms with E-state index in [2.05, 4.69) is 9.97 Å². The summed E-state index contributed by atoms with van der Waals surface area (Å²) in [6.45, 7) is 5.21. The molecule has 0 amide bonds. The Morgan fingerprint density at radius 3 is 2.93 bits per heavy atom. The number of hydrogen-bond acceptors (Lipinski definition) is 4. The van der Waals surface area contributed by atoms with E-state index in [1.165, 1.54) is 0 Å². The van der Waals surface area contributed by atoms with Gasteiger partial charge in [-0.25, -0.2) is 4.98 Å². The van der Waals surface area contributed by atoms with Gasteiger partial charge in [0.1, 0.15) is 0 Å². The third kappa shape index (κ3) is 2.41. The third-order valence-electron chi connectivity index (χ3n) is 2.54. The van der Waals surface area contributed by atoms with Crippen molar-refractivity contribution in [1.29, 1.82) is 0 Å². The summed E-state index contributed by atoms with van der Waals surface area (Å²) >= 11 is 1.60. The molecular formula is C10H14N2O2S. The molecular weight excluding hydrogens is 212 g/mol. The van der Waals surface area contributed by atoms with Crippen molar-refractivity contribution in [2.24, 2.45) is 0 Å². The van der Waals surface area contributed by atoms with Gasteiger partial charge in [-0.1, -0.05) is 11.8 Å². The summed E-state index contributed by atoms with van der Waals surface area (Å²) in [5.41, 5.74) is 1.46. The molecule has 4 nitrogen and oxygen atoms in total. The number of nitrogens with zero attached hydrogens (tertiary/aromatic N) is 1. The van der Waals surface area contributed by atoms with Crippen LogP contribution in [0.25, 0.3) is 0 Å². The zero-order valence-electron chi connectivity index (χ0n) is 8.87. The number of ether oxygens (including phenoxy) is 1. The lowest BCUT2D eigenvalue weighted by Crippen LogP contribution is -2.15. The highest BCUT2D eigenvalue weighted by molar-refractivity contribution is 7.99. The number of aromatic amines is 1. The van der Waals surface area contributed by atoms with Crippen molar-refractivity contribution in [1.82, 2.24) is 9.97 Å². The lowest BCUT2D eigenvalue weighted by molar-refractivity contribution is 0.199. The monoisotopic (exact) mass is 226 g/mol. The number of aryl methyl sites for hydroxylation is 1. The van der Waals surface area contributed by atoms with E-state index in [1.54, 1.807) is 18.7 Å². The van der Waals surface area contributed by atoms with Crippen molar-refractivity contribution in [3.63, 3.8) is 0 Å². The van der Waals surface area contributed by atoms with Gasteiger partial charge in [0.05, 0.1) is 6.61 Å². The quantitative estimate of drug-likeness (QED) is 0.771. The summed E-state index contributed by atoms with van der Waals surface area (Å²) in [5.74, 6) is 0. The molecule has 2 rings (SSSR count). The first kappa shape index (κ1) is 10.7. The average molecular weight is 226 g/mol. The molecule has 1 fully saturated rings. The van der Waals surface area contributed by atoms with E-state index in [1.807, 2.05) is 6.92 Å². The zero-order valence-corrected chi connectivity index (χ0v) is 9.69. The van der Waals surface area contributed by atoms with E-state index in [9.17, 15) is 4.79 Å². The van der Waals surface area contributed by atoms with Gasteiger partial charge in [0.25, 0.3) is 5.56 Å². The molecule has 82 valence electrons. The van der Waals surface area contributed by atoms with Gasteiger partial charge in [-0.3, -0.25) is 4.79 Å². The number of rotatable bonds is 2. The van der Waals surface area contributed by atoms with Crippen LogP contribution in [0.5, 0.6) is 0 Å². The van der Waals surface area contributed by atoms with Crippen LogP contribution in [0.15, 0.2) is 9.95 Å². The molecule has 0 aromatic carbocycles. The van der Waals surface area contributed by atoms with Gasteiger partial charge in [-0.2, -0.15) is 0 Å². The molecule has 0 saturated carbocycles. The Bertz CT molecular complexity index is 410. The van der Waals surface area contributed by atoms with E-state index < -0.39 is 0 Å². The molecule has 0 aliphatic carbocycles. The minimum atomic E-state index is -0.0380. The SMILES string of the molecule is Cc1nc(SC2CCOC2)[nH]c(=O)c1C. The molecule has 5 heteroatoms. The summed E-state index contributed by atoms with van der Waals surface area (Å²) in [7, 11) is 0. The normalized spacial score (nSPS) is 20.8. The summed E-state index contributed by atoms with van der Waals surface area (Å²) in [6.07, 6.45) is 1.03. The number of nitrogens with one attached hydrogen (secondary N) is 1. The highest BCUT2D eigenvalue weighted by Crippen LogP contribution is 2.25. The van der Waals surface area contributed by atoms with Gasteiger partial charge in [0, 0.05) is 23.1 Å². The number of aromatic nitrogens is 2. The van der Waals surface area contributed by atoms with Crippen LogP contribution in [-0.4, -0.2) is 28.4 Å². The minimum Gasteiger partial charge on any atom is -0.380 e. The van der Waals surface area contributed by atoms with Gasteiger partial charge in [-0.05, 0) is 20.3 Å². The molecule has 0 spiro atoms. The van der Waals surface area contributed by atoms with Crippen LogP contribution in [0, 0.1) is 13.8 Å². The standard InChI is InChI=1S/C10H14N2O2S/c1-6-7(2)11-10(12-9(6)13)15-8-3-4-14-5-8/h8H,3-5H2,1-2H3,(H,11,12,13). The second kappa shape index (κ2) is 4.37. The van der Waals surface area contributed by atoms with Crippen LogP contribution in [0.3, 0.4) is 0 Å². The second-order valence-corrected chi connectivity index (χ2v) is 4.97. The molecule has 1 N–H and O–H groups in total. The topological polar surface area (TPSA) is 55.0 Å². The van der Waals surface area contributed by atoms with Gasteiger partial charge >= 0.3 is 0 Å². The van der Waals surface area contributed by atoms with Crippen LogP contribution in [0.1, 0.15) is 17.7 Å². The summed E-state index contributed by atoms with van der Waals surface area (Å²) in [5, 5.41) is 1.13. The molecule has 1 unspecified atom stereocenters. The maximum atomic E-state index is 11.5. The van der Waals surface area contributed by atoms with E-state index in [-0.39, 0.29) is 5.56 Å². The molecule has 0 bridgehead atoms. The number of H-pyrrole nitrogens is 1. The van der Waals surface area contributed by atoms with Gasteiger partial charge in [0.15, 0.2) is 5.16 Å². The second-order valence-electron chi connectivity index (χ2n) is 3.68. The Morgan fingerprint density at radius 2 is 2.33 bits per heavy atom. The van der Waals surface area contributed by atoms with Crippen molar-refractivity contribution in [3.05, 3.63) is 21.6 Å². The van der Waals surface area contributed by atoms with Crippen LogP contribution >= 0.6 is 11.8 Å². The van der Waals surface area contributed by atoms with Crippen LogP contribution in [-0.2, 0) is 4.74 Å². The van der Waals surface area contributed by atoms with Gasteiger partial charge in [-0.15, -0.1) is 0 Å². The summed E-state index contributed by atoms with van der Waals surface area (Å²) < 4.78 is 5.27. The van der Waals surface area contributed by atoms with E-state index >= 15 is 0 Å². The molecule has 1 aliphatic rings.